The summed E-state index contributed by atoms with van der Waals surface area (Å²) in [5.41, 5.74) is 6.47. The summed E-state index contributed by atoms with van der Waals surface area (Å²) in [5, 5.41) is 14.4. The van der Waals surface area contributed by atoms with Crippen LogP contribution in [0.3, 0.4) is 0 Å². The minimum Gasteiger partial charge on any atom is -0.381 e. The molecule has 1 aliphatic carbocycles. The highest BCUT2D eigenvalue weighted by molar-refractivity contribution is 6.33. The molecule has 2 unspecified atom stereocenters. The molecule has 1 saturated carbocycles. The van der Waals surface area contributed by atoms with Crippen LogP contribution in [-0.4, -0.2) is 17.0 Å². The largest absolute Gasteiger partial charge is 0.381 e. The minimum atomic E-state index is -0.429. The highest BCUT2D eigenvalue weighted by Gasteiger charge is 2.22. The minimum absolute atomic E-state index is 0.0409. The van der Waals surface area contributed by atoms with E-state index in [4.69, 9.17) is 17.3 Å². The SMILES string of the molecule is NC1CCC(Nc2cc([N+](=O)[O-])ccc2Cl)C1. The van der Waals surface area contributed by atoms with Gasteiger partial charge in [0.15, 0.2) is 0 Å². The molecule has 5 nitrogen and oxygen atoms in total. The molecular formula is C11H14ClN3O2. The fraction of sp³-hybridized carbons (Fsp3) is 0.455. The predicted octanol–water partition coefficient (Wildman–Crippen LogP) is 2.54. The average molecular weight is 256 g/mol. The Bertz CT molecular complexity index is 439. The Hall–Kier alpha value is -1.33. The van der Waals surface area contributed by atoms with Gasteiger partial charge in [0, 0.05) is 24.2 Å². The van der Waals surface area contributed by atoms with Crippen molar-refractivity contribution in [2.45, 2.75) is 31.3 Å². The molecular weight excluding hydrogens is 242 g/mol. The maximum atomic E-state index is 10.7. The first kappa shape index (κ1) is 12.1. The molecule has 6 heteroatoms. The molecule has 0 heterocycles. The van der Waals surface area contributed by atoms with E-state index in [9.17, 15) is 10.1 Å². The van der Waals surface area contributed by atoms with Crippen LogP contribution in [0, 0.1) is 10.1 Å². The first-order chi connectivity index (χ1) is 8.06. The zero-order valence-electron chi connectivity index (χ0n) is 9.23. The van der Waals surface area contributed by atoms with Crippen LogP contribution in [0.5, 0.6) is 0 Å². The van der Waals surface area contributed by atoms with Gasteiger partial charge in [-0.3, -0.25) is 10.1 Å². The smallest absolute Gasteiger partial charge is 0.271 e. The third-order valence-electron chi connectivity index (χ3n) is 2.99. The topological polar surface area (TPSA) is 81.2 Å². The number of nitrogens with two attached hydrogens (primary N) is 1. The molecule has 1 fully saturated rings. The summed E-state index contributed by atoms with van der Waals surface area (Å²) in [6.45, 7) is 0. The number of hydrogen-bond acceptors (Lipinski definition) is 4. The fourth-order valence-corrected chi connectivity index (χ4v) is 2.28. The predicted molar refractivity (Wildman–Crippen MR) is 67.3 cm³/mol. The number of anilines is 1. The van der Waals surface area contributed by atoms with E-state index in [2.05, 4.69) is 5.32 Å². The average Bonchev–Trinajstić information content (AvgIpc) is 2.67. The van der Waals surface area contributed by atoms with Gasteiger partial charge >= 0.3 is 0 Å². The number of nitro groups is 1. The third kappa shape index (κ3) is 2.87. The monoisotopic (exact) mass is 255 g/mol. The summed E-state index contributed by atoms with van der Waals surface area (Å²) in [6.07, 6.45) is 2.82. The standard InChI is InChI=1S/C11H14ClN3O2/c12-10-4-3-9(15(16)17)6-11(10)14-8-2-1-7(13)5-8/h3-4,6-8,14H,1-2,5,13H2. The van der Waals surface area contributed by atoms with Gasteiger partial charge in [-0.25, -0.2) is 0 Å². The number of halogens is 1. The first-order valence-corrected chi connectivity index (χ1v) is 5.90. The van der Waals surface area contributed by atoms with Crippen molar-refractivity contribution in [2.75, 3.05) is 5.32 Å². The number of benzene rings is 1. The molecule has 1 aromatic carbocycles. The number of nitrogens with zero attached hydrogens (tertiary/aromatic N) is 1. The molecule has 1 aliphatic rings. The van der Waals surface area contributed by atoms with Crippen LogP contribution in [0.2, 0.25) is 5.02 Å². The lowest BCUT2D eigenvalue weighted by atomic mass is 10.2. The lowest BCUT2D eigenvalue weighted by molar-refractivity contribution is -0.384. The summed E-state index contributed by atoms with van der Waals surface area (Å²) in [6, 6.07) is 4.87. The van der Waals surface area contributed by atoms with Crippen LogP contribution < -0.4 is 11.1 Å². The lowest BCUT2D eigenvalue weighted by Crippen LogP contribution is -2.20. The molecule has 3 N–H and O–H groups in total. The molecule has 0 radical (unpaired) electrons. The summed E-state index contributed by atoms with van der Waals surface area (Å²) in [7, 11) is 0. The fourth-order valence-electron chi connectivity index (χ4n) is 2.10. The van der Waals surface area contributed by atoms with Gasteiger partial charge in [0.1, 0.15) is 0 Å². The Balaban J connectivity index is 2.14. The molecule has 92 valence electrons. The van der Waals surface area contributed by atoms with E-state index in [0.29, 0.717) is 10.7 Å². The summed E-state index contributed by atoms with van der Waals surface area (Å²) in [5.74, 6) is 0. The summed E-state index contributed by atoms with van der Waals surface area (Å²) < 4.78 is 0. The van der Waals surface area contributed by atoms with E-state index in [-0.39, 0.29) is 17.8 Å². The Kier molecular flexibility index (Phi) is 3.49. The molecule has 0 bridgehead atoms. The first-order valence-electron chi connectivity index (χ1n) is 5.52. The van der Waals surface area contributed by atoms with Crippen molar-refractivity contribution >= 4 is 23.0 Å². The zero-order valence-corrected chi connectivity index (χ0v) is 9.98. The van der Waals surface area contributed by atoms with Gasteiger partial charge in [0.05, 0.1) is 15.6 Å². The number of hydrogen-bond donors (Lipinski definition) is 2. The van der Waals surface area contributed by atoms with Gasteiger partial charge in [0.2, 0.25) is 0 Å². The molecule has 2 atom stereocenters. The summed E-state index contributed by atoms with van der Waals surface area (Å²) >= 11 is 6.00. The van der Waals surface area contributed by atoms with E-state index in [1.807, 2.05) is 0 Å². The maximum absolute atomic E-state index is 10.7. The zero-order chi connectivity index (χ0) is 12.4. The maximum Gasteiger partial charge on any atom is 0.271 e. The van der Waals surface area contributed by atoms with Crippen LogP contribution >= 0.6 is 11.6 Å². The number of nitrogens with one attached hydrogen (secondary N) is 1. The van der Waals surface area contributed by atoms with Crippen LogP contribution in [0.1, 0.15) is 19.3 Å². The Morgan fingerprint density at radius 2 is 2.24 bits per heavy atom. The number of nitro benzene ring substituents is 1. The highest BCUT2D eigenvalue weighted by Crippen LogP contribution is 2.30. The Morgan fingerprint density at radius 1 is 1.47 bits per heavy atom. The van der Waals surface area contributed by atoms with Crippen LogP contribution in [0.4, 0.5) is 11.4 Å². The lowest BCUT2D eigenvalue weighted by Gasteiger charge is -2.14. The molecule has 0 saturated heterocycles. The normalized spacial score (nSPS) is 23.6. The van der Waals surface area contributed by atoms with Gasteiger partial charge in [-0.1, -0.05) is 11.6 Å². The van der Waals surface area contributed by atoms with Crippen molar-refractivity contribution in [3.05, 3.63) is 33.3 Å². The van der Waals surface area contributed by atoms with Crippen LogP contribution in [-0.2, 0) is 0 Å². The van der Waals surface area contributed by atoms with Gasteiger partial charge in [-0.05, 0) is 25.3 Å². The molecule has 0 aliphatic heterocycles. The molecule has 17 heavy (non-hydrogen) atoms. The molecule has 0 amide bonds. The van der Waals surface area contributed by atoms with E-state index in [1.54, 1.807) is 0 Å². The van der Waals surface area contributed by atoms with Gasteiger partial charge in [-0.15, -0.1) is 0 Å². The van der Waals surface area contributed by atoms with Crippen molar-refractivity contribution in [2.24, 2.45) is 5.73 Å². The molecule has 1 aromatic rings. The van der Waals surface area contributed by atoms with Crippen molar-refractivity contribution in [1.82, 2.24) is 0 Å². The highest BCUT2D eigenvalue weighted by atomic mass is 35.5. The van der Waals surface area contributed by atoms with Crippen molar-refractivity contribution in [1.29, 1.82) is 0 Å². The second kappa shape index (κ2) is 4.89. The summed E-state index contributed by atoms with van der Waals surface area (Å²) in [4.78, 5) is 10.2. The quantitative estimate of drug-likeness (QED) is 0.642. The van der Waals surface area contributed by atoms with E-state index < -0.39 is 4.92 Å². The van der Waals surface area contributed by atoms with Gasteiger partial charge in [-0.2, -0.15) is 0 Å². The molecule has 0 spiro atoms. The van der Waals surface area contributed by atoms with Crippen LogP contribution in [0.15, 0.2) is 18.2 Å². The van der Waals surface area contributed by atoms with E-state index in [0.717, 1.165) is 19.3 Å². The van der Waals surface area contributed by atoms with Crippen molar-refractivity contribution in [3.63, 3.8) is 0 Å². The van der Waals surface area contributed by atoms with E-state index in [1.165, 1.54) is 18.2 Å². The third-order valence-corrected chi connectivity index (χ3v) is 3.32. The molecule has 2 rings (SSSR count). The Morgan fingerprint density at radius 3 is 2.82 bits per heavy atom. The number of non-ortho nitro benzene ring substituents is 1. The second-order valence-electron chi connectivity index (χ2n) is 4.34. The molecule has 0 aromatic heterocycles. The van der Waals surface area contributed by atoms with E-state index >= 15 is 0 Å². The van der Waals surface area contributed by atoms with Crippen molar-refractivity contribution < 1.29 is 4.92 Å². The second-order valence-corrected chi connectivity index (χ2v) is 4.74. The van der Waals surface area contributed by atoms with Crippen LogP contribution in [0.25, 0.3) is 0 Å². The van der Waals surface area contributed by atoms with Gasteiger partial charge in [0.25, 0.3) is 5.69 Å². The Labute approximate surface area is 104 Å². The van der Waals surface area contributed by atoms with Crippen molar-refractivity contribution in [3.8, 4) is 0 Å². The van der Waals surface area contributed by atoms with Gasteiger partial charge < -0.3 is 11.1 Å². The number of rotatable bonds is 3.